The Morgan fingerprint density at radius 3 is 1.60 bits per heavy atom. The molecule has 0 aliphatic heterocycles. The van der Waals surface area contributed by atoms with Crippen molar-refractivity contribution in [3.63, 3.8) is 0 Å². The van der Waals surface area contributed by atoms with Crippen LogP contribution in [0.15, 0.2) is 30.3 Å². The van der Waals surface area contributed by atoms with Crippen LogP contribution in [0.1, 0.15) is 64.9 Å². The third-order valence-corrected chi connectivity index (χ3v) is 12.7. The molecule has 0 radical (unpaired) electrons. The fourth-order valence-electron chi connectivity index (χ4n) is 3.66. The van der Waals surface area contributed by atoms with Gasteiger partial charge in [-0.3, -0.25) is 0 Å². The van der Waals surface area contributed by atoms with E-state index in [9.17, 15) is 14.0 Å². The second kappa shape index (κ2) is 10.2. The zero-order valence-corrected chi connectivity index (χ0v) is 17.6. The Bertz CT molecular complexity index is 465. The topological polar surface area (TPSA) is 78.4 Å². The Labute approximate surface area is 155 Å². The first-order valence-electron chi connectivity index (χ1n) is 9.45. The van der Waals surface area contributed by atoms with Crippen LogP contribution in [0.25, 0.3) is 0 Å². The first kappa shape index (κ1) is 22.8. The van der Waals surface area contributed by atoms with Crippen molar-refractivity contribution in [3.8, 4) is 0 Å². The Morgan fingerprint density at radius 2 is 1.24 bits per heavy atom. The van der Waals surface area contributed by atoms with Crippen LogP contribution in [0.4, 0.5) is 0 Å². The summed E-state index contributed by atoms with van der Waals surface area (Å²) in [6.07, 6.45) is 8.29. The van der Waals surface area contributed by atoms with Crippen LogP contribution >= 0.6 is 6.83 Å². The summed E-state index contributed by atoms with van der Waals surface area (Å²) in [5, 5.41) is 0. The van der Waals surface area contributed by atoms with E-state index in [0.717, 1.165) is 44.1 Å². The average Bonchev–Trinajstić information content (AvgIpc) is 2.56. The zero-order chi connectivity index (χ0) is 18.8. The van der Waals surface area contributed by atoms with Crippen LogP contribution < -0.4 is 14.0 Å². The molecule has 0 unspecified atom stereocenters. The van der Waals surface area contributed by atoms with Crippen molar-refractivity contribution in [2.24, 2.45) is 0 Å². The second-order valence-corrected chi connectivity index (χ2v) is 13.9. The van der Waals surface area contributed by atoms with E-state index in [1.54, 1.807) is 0 Å². The van der Waals surface area contributed by atoms with Crippen LogP contribution in [-0.4, -0.2) is 18.5 Å². The quantitative estimate of drug-likeness (QED) is 0.483. The molecule has 0 aliphatic carbocycles. The van der Waals surface area contributed by atoms with Crippen LogP contribution in [-0.2, 0) is 10.2 Å². The summed E-state index contributed by atoms with van der Waals surface area (Å²) in [5.41, 5.74) is 1.07. The van der Waals surface area contributed by atoms with Gasteiger partial charge in [-0.15, -0.1) is 0 Å². The van der Waals surface area contributed by atoms with Crippen molar-refractivity contribution < 1.29 is 28.3 Å². The molecule has 1 aromatic rings. The van der Waals surface area contributed by atoms with E-state index < -0.39 is 17.1 Å². The standard InChI is InChI=1S/C19H34ClO4P/c1-4-7-15-25(16-8-5-2,17-9-6-3,24-20(21,22)23)18-19-13-11-10-12-14-19/h10-14H,4-9,15-18H2,1-3H3. The van der Waals surface area contributed by atoms with E-state index in [0.29, 0.717) is 24.6 Å². The molecule has 6 heteroatoms. The molecule has 25 heavy (non-hydrogen) atoms. The summed E-state index contributed by atoms with van der Waals surface area (Å²) in [5.74, 6) is 0. The van der Waals surface area contributed by atoms with Crippen molar-refractivity contribution in [3.05, 3.63) is 35.9 Å². The zero-order valence-electron chi connectivity index (χ0n) is 15.9. The van der Waals surface area contributed by atoms with Gasteiger partial charge in [0.1, 0.15) is 0 Å². The van der Waals surface area contributed by atoms with Crippen LogP contribution in [0.5, 0.6) is 0 Å². The third kappa shape index (κ3) is 7.50. The van der Waals surface area contributed by atoms with Gasteiger partial charge < -0.3 is 0 Å². The number of halogens is 1. The van der Waals surface area contributed by atoms with Gasteiger partial charge in [0, 0.05) is 0 Å². The number of benzene rings is 1. The Morgan fingerprint density at radius 1 is 0.800 bits per heavy atom. The van der Waals surface area contributed by atoms with E-state index in [1.165, 1.54) is 0 Å². The van der Waals surface area contributed by atoms with E-state index in [2.05, 4.69) is 20.8 Å². The van der Waals surface area contributed by atoms with E-state index >= 15 is 0 Å². The summed E-state index contributed by atoms with van der Waals surface area (Å²) in [6, 6.07) is 9.91. The number of hydrogen-bond acceptors (Lipinski definition) is 4. The molecule has 0 bridgehead atoms. The summed E-state index contributed by atoms with van der Waals surface area (Å²) in [4.78, 5) is 0. The summed E-state index contributed by atoms with van der Waals surface area (Å²) in [7, 11) is -4.43. The summed E-state index contributed by atoms with van der Waals surface area (Å²) < 4.78 is 40.9. The van der Waals surface area contributed by atoms with Gasteiger partial charge in [-0.1, -0.05) is 0 Å². The normalized spacial score (nSPS) is 14.2. The Hall–Kier alpha value is -0.220. The fourth-order valence-corrected chi connectivity index (χ4v) is 12.2. The number of hydrogen-bond donors (Lipinski definition) is 0. The van der Waals surface area contributed by atoms with E-state index in [4.69, 9.17) is 4.08 Å². The molecule has 1 aromatic carbocycles. The molecule has 0 fully saturated rings. The minimum absolute atomic E-state index is 0.584. The van der Waals surface area contributed by atoms with Gasteiger partial charge in [-0.2, -0.15) is 0 Å². The van der Waals surface area contributed by atoms with Crippen LogP contribution in [0.3, 0.4) is 0 Å². The van der Waals surface area contributed by atoms with Crippen molar-refractivity contribution in [2.45, 2.75) is 65.5 Å². The summed E-state index contributed by atoms with van der Waals surface area (Å²) in [6.45, 7) is 3.09. The van der Waals surface area contributed by atoms with Gasteiger partial charge >= 0.3 is 155 Å². The monoisotopic (exact) mass is 392 g/mol. The molecule has 0 N–H and O–H groups in total. The van der Waals surface area contributed by atoms with Crippen molar-refractivity contribution in [1.29, 1.82) is 0 Å². The van der Waals surface area contributed by atoms with Gasteiger partial charge in [0.05, 0.1) is 0 Å². The maximum atomic E-state index is 11.8. The van der Waals surface area contributed by atoms with Crippen molar-refractivity contribution in [1.82, 2.24) is 0 Å². The number of unbranched alkanes of at least 4 members (excludes halogenated alkanes) is 3. The molecule has 0 aromatic heterocycles. The van der Waals surface area contributed by atoms with Gasteiger partial charge in [0.15, 0.2) is 0 Å². The van der Waals surface area contributed by atoms with E-state index in [1.807, 2.05) is 30.3 Å². The average molecular weight is 393 g/mol. The summed E-state index contributed by atoms with van der Waals surface area (Å²) >= 11 is 0. The predicted molar refractivity (Wildman–Crippen MR) is 97.5 cm³/mol. The van der Waals surface area contributed by atoms with Crippen LogP contribution in [0, 0.1) is 10.2 Å². The predicted octanol–water partition coefficient (Wildman–Crippen LogP) is 2.97. The van der Waals surface area contributed by atoms with Crippen molar-refractivity contribution in [2.75, 3.05) is 18.5 Å². The molecule has 0 atom stereocenters. The van der Waals surface area contributed by atoms with Gasteiger partial charge in [-0.05, 0) is 0 Å². The second-order valence-electron chi connectivity index (χ2n) is 7.18. The van der Waals surface area contributed by atoms with Crippen LogP contribution in [0.2, 0.25) is 0 Å². The molecular weight excluding hydrogens is 359 g/mol. The van der Waals surface area contributed by atoms with E-state index in [-0.39, 0.29) is 0 Å². The molecule has 0 heterocycles. The van der Waals surface area contributed by atoms with Gasteiger partial charge in [-0.25, -0.2) is 0 Å². The molecule has 0 aliphatic rings. The minimum atomic E-state index is -4.43. The molecular formula is C19H34ClO4P. The molecule has 0 saturated carbocycles. The first-order valence-corrected chi connectivity index (χ1v) is 13.6. The molecule has 146 valence electrons. The Kier molecular flexibility index (Phi) is 9.31. The molecule has 0 saturated heterocycles. The number of rotatable bonds is 13. The SMILES string of the molecule is CCCCP(CCCC)(CCCC)(Cc1ccccc1)O[Cl+3]([O-])([O-])[O-]. The Balaban J connectivity index is 3.39. The molecule has 0 spiro atoms. The van der Waals surface area contributed by atoms with Crippen molar-refractivity contribution >= 4 is 6.83 Å². The van der Waals surface area contributed by atoms with Gasteiger partial charge in [0.25, 0.3) is 0 Å². The third-order valence-electron chi connectivity index (χ3n) is 4.94. The molecule has 1 rings (SSSR count). The van der Waals surface area contributed by atoms with Gasteiger partial charge in [0.2, 0.25) is 0 Å². The molecule has 0 amide bonds. The molecule has 4 nitrogen and oxygen atoms in total. The fraction of sp³-hybridized carbons (Fsp3) is 0.684. The first-order chi connectivity index (χ1) is 11.8. The maximum absolute atomic E-state index is 11.8.